The highest BCUT2D eigenvalue weighted by atomic mass is 16.8. The molecule has 12 bridgehead atoms. The first kappa shape index (κ1) is 58.4. The van der Waals surface area contributed by atoms with E-state index in [2.05, 4.69) is 0 Å². The third kappa shape index (κ3) is 12.1. The lowest BCUT2D eigenvalue weighted by atomic mass is 9.94. The average molecular weight is 1060 g/mol. The summed E-state index contributed by atoms with van der Waals surface area (Å²) in [5.41, 5.74) is 0. The summed E-state index contributed by atoms with van der Waals surface area (Å²) >= 11 is 0. The van der Waals surface area contributed by atoms with Gasteiger partial charge in [-0.05, 0) is 19.8 Å². The summed E-state index contributed by atoms with van der Waals surface area (Å²) in [7, 11) is 0. The van der Waals surface area contributed by atoms with Gasteiger partial charge in [-0.2, -0.15) is 0 Å². The Morgan fingerprint density at radius 1 is 0.319 bits per heavy atom. The first-order chi connectivity index (χ1) is 34.3. The van der Waals surface area contributed by atoms with E-state index < -0.39 is 230 Å². The SMILES string of the molecule is CC(O)CCCO[C@@H]1[C@@H](O)[C@H]2O[C@H]3[C@H](O)[C@@H](O)[C@@H](O[C@H]4[C@H](O)[C@@H](O)[C@@H](O[C@H]5[C@H](O)[C@@H](O)[C@@H](O[C@H]6[C@H](O)[C@@H](O)[C@@H](O[C@H]7[C@H](O)[C@@H](O)[C@@H](O[C@H]1[C@@H](CO)O2)O[C@@H]7CO)O[C@@H]6CO)O[C@@H]5CO)O[C@@H]4CO)O[C@@H]3CO. The van der Waals surface area contributed by atoms with Crippen molar-refractivity contribution in [2.24, 2.45) is 0 Å². The number of ether oxygens (including phenoxy) is 13. The zero-order valence-electron chi connectivity index (χ0n) is 38.6. The molecule has 22 saturated heterocycles. The van der Waals surface area contributed by atoms with Crippen molar-refractivity contribution in [3.05, 3.63) is 0 Å². The van der Waals surface area contributed by atoms with Crippen molar-refractivity contribution in [1.82, 2.24) is 0 Å². The maximum atomic E-state index is 11.8. The Labute approximate surface area is 409 Å². The monoisotopic (exact) mass is 1060 g/mol. The molecule has 0 amide bonds. The number of aliphatic hydroxyl groups is 18. The highest BCUT2D eigenvalue weighted by Crippen LogP contribution is 2.38. The number of rotatable bonds is 11. The van der Waals surface area contributed by atoms with Crippen LogP contribution in [-0.2, 0) is 61.6 Å². The molecule has 22 heterocycles. The maximum Gasteiger partial charge on any atom is 0.187 e. The molecule has 22 fully saturated rings. The smallest absolute Gasteiger partial charge is 0.187 e. The maximum absolute atomic E-state index is 11.8. The number of aliphatic hydroxyl groups excluding tert-OH is 18. The Bertz CT molecular complexity index is 1630. The van der Waals surface area contributed by atoms with Crippen LogP contribution in [0.1, 0.15) is 19.8 Å². The Balaban J connectivity index is 1.21. The van der Waals surface area contributed by atoms with Crippen molar-refractivity contribution in [3.63, 3.8) is 0 Å². The van der Waals surface area contributed by atoms with Crippen LogP contribution >= 0.6 is 0 Å². The van der Waals surface area contributed by atoms with Gasteiger partial charge in [0, 0.05) is 6.61 Å². The van der Waals surface area contributed by atoms with Crippen molar-refractivity contribution in [3.8, 4) is 0 Å². The minimum atomic E-state index is -2.15. The normalized spacial score (nSPS) is 52.2. The predicted molar refractivity (Wildman–Crippen MR) is 220 cm³/mol. The van der Waals surface area contributed by atoms with Crippen molar-refractivity contribution >= 4 is 0 Å². The Hall–Kier alpha value is -1.24. The minimum Gasteiger partial charge on any atom is -0.394 e. The van der Waals surface area contributed by atoms with Crippen molar-refractivity contribution in [2.75, 3.05) is 46.2 Å². The third-order valence-corrected chi connectivity index (χ3v) is 13.7. The van der Waals surface area contributed by atoms with Crippen molar-refractivity contribution in [2.45, 2.75) is 210 Å². The van der Waals surface area contributed by atoms with Gasteiger partial charge in [-0.1, -0.05) is 0 Å². The van der Waals surface area contributed by atoms with E-state index in [-0.39, 0.29) is 19.4 Å². The molecule has 31 nitrogen and oxygen atoms in total. The first-order valence-electron chi connectivity index (χ1n) is 23.6. The fraction of sp³-hybridized carbons (Fsp3) is 1.00. The van der Waals surface area contributed by atoms with Crippen LogP contribution in [0.25, 0.3) is 0 Å². The van der Waals surface area contributed by atoms with Gasteiger partial charge in [0.2, 0.25) is 0 Å². The quantitative estimate of drug-likeness (QED) is 0.0854. The summed E-state index contributed by atoms with van der Waals surface area (Å²) in [5.74, 6) is 0. The second-order valence-corrected chi connectivity index (χ2v) is 18.7. The highest BCUT2D eigenvalue weighted by Gasteiger charge is 2.59. The topological polar surface area (TPSA) is 484 Å². The van der Waals surface area contributed by atoms with E-state index in [1.807, 2.05) is 0 Å². The van der Waals surface area contributed by atoms with Crippen LogP contribution in [0.4, 0.5) is 0 Å². The Kier molecular flexibility index (Phi) is 20.7. The van der Waals surface area contributed by atoms with Crippen LogP contribution in [-0.4, -0.2) is 329 Å². The van der Waals surface area contributed by atoms with E-state index in [1.54, 1.807) is 0 Å². The Morgan fingerprint density at radius 2 is 0.542 bits per heavy atom. The fourth-order valence-corrected chi connectivity index (χ4v) is 9.70. The van der Waals surface area contributed by atoms with Gasteiger partial charge in [0.1, 0.15) is 146 Å². The molecular formula is C41H70O31. The average Bonchev–Trinajstić information content (AvgIpc) is 3.36. The molecule has 1 unspecified atom stereocenters. The van der Waals surface area contributed by atoms with Crippen LogP contribution in [0.5, 0.6) is 0 Å². The third-order valence-electron chi connectivity index (χ3n) is 13.7. The second kappa shape index (κ2) is 25.5. The number of hydrogen-bond acceptors (Lipinski definition) is 31. The molecule has 0 aromatic carbocycles. The van der Waals surface area contributed by atoms with E-state index in [1.165, 1.54) is 6.92 Å². The largest absolute Gasteiger partial charge is 0.394 e. The van der Waals surface area contributed by atoms with Crippen LogP contribution in [0.15, 0.2) is 0 Å². The highest BCUT2D eigenvalue weighted by molar-refractivity contribution is 5.01. The molecule has 18 N–H and O–H groups in total. The molecule has 22 aliphatic rings. The lowest BCUT2D eigenvalue weighted by Gasteiger charge is -2.51. The molecule has 0 aromatic heterocycles. The van der Waals surface area contributed by atoms with Gasteiger partial charge >= 0.3 is 0 Å². The molecule has 22 aliphatic heterocycles. The van der Waals surface area contributed by atoms with Crippen molar-refractivity contribution < 1.29 is 153 Å². The lowest BCUT2D eigenvalue weighted by Crippen LogP contribution is -2.69. The van der Waals surface area contributed by atoms with Crippen LogP contribution in [0.2, 0.25) is 0 Å². The van der Waals surface area contributed by atoms with Gasteiger partial charge < -0.3 is 153 Å². The van der Waals surface area contributed by atoms with Gasteiger partial charge in [0.25, 0.3) is 0 Å². The van der Waals surface area contributed by atoms with E-state index in [9.17, 15) is 91.9 Å². The summed E-state index contributed by atoms with van der Waals surface area (Å²) in [6, 6.07) is 0. The second-order valence-electron chi connectivity index (χ2n) is 18.7. The molecule has 420 valence electrons. The van der Waals surface area contributed by atoms with Gasteiger partial charge in [0.15, 0.2) is 37.7 Å². The molecule has 31 heteroatoms. The molecule has 0 aromatic rings. The summed E-state index contributed by atoms with van der Waals surface area (Å²) in [6.45, 7) is -4.60. The molecular weight excluding hydrogens is 988 g/mol. The standard InChI is InChI=1S/C41H70O31/c1-11(48)3-2-4-60-35-28(59)41-66-17(10-47)34(35)72-40-27(58)22(53)32(15(8-45)65-40)70-38-25(56)20(51)30(13(6-43)63-38)68-36-23(54)18(49)29(12(5-42)61-36)67-37-24(55)19(50)31(14(7-44)62-37)69-39-26(57)21(52)33(71-41)16(9-46)64-39/h11-59H,2-10H2,1H3/t11?,12-,13-,14-,15-,16-,17-,18-,19-,20-,21-,22-,23-,24-,25-,26-,27-,28-,29-,30-,31-,32-,33-,34+,35-,36-,37-,38-,39-,40-,41-/m1/s1. The van der Waals surface area contributed by atoms with Crippen molar-refractivity contribution in [1.29, 1.82) is 0 Å². The van der Waals surface area contributed by atoms with Crippen LogP contribution in [0.3, 0.4) is 0 Å². The van der Waals surface area contributed by atoms with Gasteiger partial charge in [-0.15, -0.1) is 0 Å². The first-order valence-corrected chi connectivity index (χ1v) is 23.6. The summed E-state index contributed by atoms with van der Waals surface area (Å²) in [4.78, 5) is 0. The van der Waals surface area contributed by atoms with Crippen LogP contribution < -0.4 is 0 Å². The van der Waals surface area contributed by atoms with E-state index in [4.69, 9.17) is 61.6 Å². The lowest BCUT2D eigenvalue weighted by molar-refractivity contribution is -0.405. The van der Waals surface area contributed by atoms with E-state index in [0.717, 1.165) is 0 Å². The molecule has 0 aliphatic carbocycles. The van der Waals surface area contributed by atoms with Gasteiger partial charge in [-0.25, -0.2) is 0 Å². The summed E-state index contributed by atoms with van der Waals surface area (Å²) < 4.78 is 75.4. The fourth-order valence-electron chi connectivity index (χ4n) is 9.70. The van der Waals surface area contributed by atoms with E-state index in [0.29, 0.717) is 0 Å². The van der Waals surface area contributed by atoms with E-state index >= 15 is 0 Å². The summed E-state index contributed by atoms with van der Waals surface area (Å²) in [6.07, 6.45) is -57.8. The molecule has 0 radical (unpaired) electrons. The molecule has 31 atom stereocenters. The molecule has 0 spiro atoms. The zero-order valence-corrected chi connectivity index (χ0v) is 38.6. The molecule has 72 heavy (non-hydrogen) atoms. The predicted octanol–water partition coefficient (Wildman–Crippen LogP) is -11.9. The van der Waals surface area contributed by atoms with Gasteiger partial charge in [0.05, 0.1) is 45.7 Å². The minimum absolute atomic E-state index is 0.187. The Morgan fingerprint density at radius 3 is 0.778 bits per heavy atom. The molecule has 0 saturated carbocycles. The van der Waals surface area contributed by atoms with Crippen LogP contribution in [0, 0.1) is 0 Å². The number of hydrogen-bond donors (Lipinski definition) is 18. The zero-order chi connectivity index (χ0) is 52.5. The molecule has 22 rings (SSSR count). The van der Waals surface area contributed by atoms with Gasteiger partial charge in [-0.3, -0.25) is 0 Å². The summed E-state index contributed by atoms with van der Waals surface area (Å²) in [5, 5.41) is 197.